The first-order chi connectivity index (χ1) is 14.3. The summed E-state index contributed by atoms with van der Waals surface area (Å²) >= 11 is 0. The van der Waals surface area contributed by atoms with Crippen molar-refractivity contribution in [1.82, 2.24) is 34.6 Å². The highest BCUT2D eigenvalue weighted by Crippen LogP contribution is 2.35. The van der Waals surface area contributed by atoms with Crippen LogP contribution >= 0.6 is 0 Å². The fourth-order valence-electron chi connectivity index (χ4n) is 3.20. The van der Waals surface area contributed by atoms with Gasteiger partial charge in [-0.15, -0.1) is 10.2 Å². The summed E-state index contributed by atoms with van der Waals surface area (Å²) in [5, 5.41) is 17.4. The van der Waals surface area contributed by atoms with Crippen molar-refractivity contribution in [1.29, 1.82) is 0 Å². The molecule has 142 valence electrons. The van der Waals surface area contributed by atoms with Gasteiger partial charge in [0, 0.05) is 12.6 Å². The van der Waals surface area contributed by atoms with E-state index in [1.165, 1.54) is 6.33 Å². The molecule has 0 unspecified atom stereocenters. The molecule has 8 heteroatoms. The van der Waals surface area contributed by atoms with Crippen LogP contribution in [0.5, 0.6) is 5.88 Å². The van der Waals surface area contributed by atoms with E-state index in [0.29, 0.717) is 17.5 Å². The lowest BCUT2D eigenvalue weighted by Gasteiger charge is -2.05. The van der Waals surface area contributed by atoms with Crippen LogP contribution in [-0.4, -0.2) is 34.6 Å². The fraction of sp³-hybridized carbons (Fsp3) is 0.0952. The van der Waals surface area contributed by atoms with Gasteiger partial charge in [0.05, 0.1) is 11.8 Å². The molecule has 0 aliphatic heterocycles. The van der Waals surface area contributed by atoms with Crippen LogP contribution in [0.3, 0.4) is 0 Å². The smallest absolute Gasteiger partial charge is 0.242 e. The average molecular weight is 383 g/mol. The summed E-state index contributed by atoms with van der Waals surface area (Å²) in [6.07, 6.45) is 3.21. The lowest BCUT2D eigenvalue weighted by atomic mass is 10.1. The quantitative estimate of drug-likeness (QED) is 0.464. The van der Waals surface area contributed by atoms with Gasteiger partial charge in [-0.2, -0.15) is 10.2 Å². The second-order valence-corrected chi connectivity index (χ2v) is 6.47. The van der Waals surface area contributed by atoms with Crippen molar-refractivity contribution in [3.63, 3.8) is 0 Å². The number of hydrogen-bond donors (Lipinski definition) is 0. The summed E-state index contributed by atoms with van der Waals surface area (Å²) in [4.78, 5) is 4.22. The molecule has 3 heterocycles. The number of ether oxygens (including phenoxy) is 1. The molecule has 0 amide bonds. The van der Waals surface area contributed by atoms with Crippen molar-refractivity contribution in [2.24, 2.45) is 7.05 Å². The molecule has 3 aromatic heterocycles. The molecule has 0 spiro atoms. The molecule has 8 nitrogen and oxygen atoms in total. The molecule has 0 radical (unpaired) electrons. The number of aryl methyl sites for hydroxylation is 1. The van der Waals surface area contributed by atoms with Gasteiger partial charge in [-0.05, 0) is 5.56 Å². The predicted molar refractivity (Wildman–Crippen MR) is 107 cm³/mol. The van der Waals surface area contributed by atoms with Gasteiger partial charge in [-0.3, -0.25) is 4.68 Å². The Bertz CT molecular complexity index is 1260. The van der Waals surface area contributed by atoms with Crippen LogP contribution in [0, 0.1) is 0 Å². The summed E-state index contributed by atoms with van der Waals surface area (Å²) < 4.78 is 9.53. The predicted octanol–water partition coefficient (Wildman–Crippen LogP) is 3.17. The Morgan fingerprint density at radius 1 is 0.931 bits per heavy atom. The van der Waals surface area contributed by atoms with Gasteiger partial charge < -0.3 is 4.74 Å². The van der Waals surface area contributed by atoms with Crippen molar-refractivity contribution >= 4 is 5.52 Å². The molecule has 0 saturated carbocycles. The first-order valence-electron chi connectivity index (χ1n) is 9.12. The topological polar surface area (TPSA) is 83.0 Å². The van der Waals surface area contributed by atoms with Crippen LogP contribution in [0.25, 0.3) is 28.0 Å². The van der Waals surface area contributed by atoms with Crippen LogP contribution in [-0.2, 0) is 13.7 Å². The SMILES string of the molecule is Cn1ncnc1COc1nn2c(-c3ccccc3)nncc2c1-c1ccccc1. The molecular formula is C21H17N7O. The van der Waals surface area contributed by atoms with Crippen molar-refractivity contribution in [2.45, 2.75) is 6.61 Å². The molecule has 0 atom stereocenters. The zero-order valence-electron chi connectivity index (χ0n) is 15.7. The molecule has 0 fully saturated rings. The van der Waals surface area contributed by atoms with Gasteiger partial charge >= 0.3 is 0 Å². The minimum Gasteiger partial charge on any atom is -0.468 e. The van der Waals surface area contributed by atoms with Gasteiger partial charge in [0.15, 0.2) is 11.6 Å². The zero-order chi connectivity index (χ0) is 19.6. The van der Waals surface area contributed by atoms with Crippen molar-refractivity contribution in [2.75, 3.05) is 0 Å². The summed E-state index contributed by atoms with van der Waals surface area (Å²) in [7, 11) is 1.83. The third-order valence-corrected chi connectivity index (χ3v) is 4.66. The van der Waals surface area contributed by atoms with Crippen LogP contribution in [0.4, 0.5) is 0 Å². The highest BCUT2D eigenvalue weighted by Gasteiger charge is 2.20. The second kappa shape index (κ2) is 7.16. The van der Waals surface area contributed by atoms with Gasteiger partial charge in [-0.25, -0.2) is 9.50 Å². The highest BCUT2D eigenvalue weighted by atomic mass is 16.5. The summed E-state index contributed by atoms with van der Waals surface area (Å²) in [5.74, 6) is 1.85. The highest BCUT2D eigenvalue weighted by molar-refractivity contribution is 5.85. The Hall–Kier alpha value is -4.07. The third kappa shape index (κ3) is 3.10. The average Bonchev–Trinajstić information content (AvgIpc) is 3.36. The second-order valence-electron chi connectivity index (χ2n) is 6.47. The molecule has 0 bridgehead atoms. The van der Waals surface area contributed by atoms with Gasteiger partial charge in [0.2, 0.25) is 5.88 Å². The maximum absolute atomic E-state index is 6.08. The Kier molecular flexibility index (Phi) is 4.21. The third-order valence-electron chi connectivity index (χ3n) is 4.66. The first kappa shape index (κ1) is 17.1. The summed E-state index contributed by atoms with van der Waals surface area (Å²) in [6, 6.07) is 19.8. The standard InChI is InChI=1S/C21H17N7O/c1-27-18(22-14-24-27)13-29-21-19(15-8-4-2-5-9-15)17-12-23-25-20(28(17)26-21)16-10-6-3-7-11-16/h2-12,14H,13H2,1H3. The maximum atomic E-state index is 6.08. The Morgan fingerprint density at radius 3 is 2.34 bits per heavy atom. The van der Waals surface area contributed by atoms with Crippen molar-refractivity contribution in [3.8, 4) is 28.4 Å². The number of nitrogens with zero attached hydrogens (tertiary/aromatic N) is 7. The number of hydrogen-bond acceptors (Lipinski definition) is 6. The molecule has 5 aromatic rings. The molecule has 0 aliphatic rings. The fourth-order valence-corrected chi connectivity index (χ4v) is 3.20. The van der Waals surface area contributed by atoms with E-state index < -0.39 is 0 Å². The van der Waals surface area contributed by atoms with Gasteiger partial charge in [0.1, 0.15) is 18.5 Å². The molecule has 0 aliphatic carbocycles. The number of rotatable bonds is 5. The minimum absolute atomic E-state index is 0.252. The number of benzene rings is 2. The van der Waals surface area contributed by atoms with E-state index in [4.69, 9.17) is 9.84 Å². The van der Waals surface area contributed by atoms with Crippen LogP contribution in [0.1, 0.15) is 5.82 Å². The van der Waals surface area contributed by atoms with Crippen LogP contribution in [0.2, 0.25) is 0 Å². The molecule has 5 rings (SSSR count). The molecule has 2 aromatic carbocycles. The lowest BCUT2D eigenvalue weighted by Crippen LogP contribution is -2.05. The van der Waals surface area contributed by atoms with E-state index in [9.17, 15) is 0 Å². The summed E-state index contributed by atoms with van der Waals surface area (Å²) in [6.45, 7) is 0.252. The maximum Gasteiger partial charge on any atom is 0.242 e. The Labute approximate surface area is 166 Å². The van der Waals surface area contributed by atoms with Crippen molar-refractivity contribution < 1.29 is 4.74 Å². The van der Waals surface area contributed by atoms with Crippen LogP contribution in [0.15, 0.2) is 73.2 Å². The molecule has 0 N–H and O–H groups in total. The Balaban J connectivity index is 1.67. The first-order valence-corrected chi connectivity index (χ1v) is 9.12. The normalized spacial score (nSPS) is 11.1. The molecule has 0 saturated heterocycles. The van der Waals surface area contributed by atoms with Crippen LogP contribution < -0.4 is 4.74 Å². The number of aromatic nitrogens is 7. The molecular weight excluding hydrogens is 366 g/mol. The Morgan fingerprint density at radius 2 is 1.66 bits per heavy atom. The largest absolute Gasteiger partial charge is 0.468 e. The van der Waals surface area contributed by atoms with E-state index in [1.54, 1.807) is 15.4 Å². The molecule has 29 heavy (non-hydrogen) atoms. The zero-order valence-corrected chi connectivity index (χ0v) is 15.7. The monoisotopic (exact) mass is 383 g/mol. The van der Waals surface area contributed by atoms with E-state index in [0.717, 1.165) is 22.2 Å². The summed E-state index contributed by atoms with van der Waals surface area (Å²) in [5.41, 5.74) is 3.59. The lowest BCUT2D eigenvalue weighted by molar-refractivity contribution is 0.278. The van der Waals surface area contributed by atoms with Crippen molar-refractivity contribution in [3.05, 3.63) is 79.0 Å². The van der Waals surface area contributed by atoms with E-state index >= 15 is 0 Å². The van der Waals surface area contributed by atoms with E-state index in [2.05, 4.69) is 20.3 Å². The van der Waals surface area contributed by atoms with E-state index in [1.807, 2.05) is 67.7 Å². The van der Waals surface area contributed by atoms with Gasteiger partial charge in [-0.1, -0.05) is 60.7 Å². The minimum atomic E-state index is 0.252. The van der Waals surface area contributed by atoms with Gasteiger partial charge in [0.25, 0.3) is 0 Å². The van der Waals surface area contributed by atoms with E-state index in [-0.39, 0.29) is 6.61 Å². The number of fused-ring (bicyclic) bond motifs is 1.